The Balaban J connectivity index is 2.10. The van der Waals surface area contributed by atoms with Crippen LogP contribution in [-0.2, 0) is 4.79 Å². The first kappa shape index (κ1) is 13.3. The van der Waals surface area contributed by atoms with Gasteiger partial charge < -0.3 is 15.3 Å². The van der Waals surface area contributed by atoms with Gasteiger partial charge >= 0.3 is 12.0 Å². The van der Waals surface area contributed by atoms with Crippen molar-refractivity contribution in [2.45, 2.75) is 32.7 Å². The number of rotatable bonds is 2. The summed E-state index contributed by atoms with van der Waals surface area (Å²) in [5.41, 5.74) is 2.21. The molecule has 102 valence electrons. The average Bonchev–Trinajstić information content (AvgIpc) is 2.82. The molecule has 0 aromatic carbocycles. The van der Waals surface area contributed by atoms with Crippen LogP contribution in [0.4, 0.5) is 10.5 Å². The fourth-order valence-corrected chi connectivity index (χ4v) is 2.27. The van der Waals surface area contributed by atoms with E-state index in [-0.39, 0.29) is 6.03 Å². The minimum absolute atomic E-state index is 0.376. The van der Waals surface area contributed by atoms with Gasteiger partial charge in [0.2, 0.25) is 0 Å². The van der Waals surface area contributed by atoms with Crippen LogP contribution in [0.5, 0.6) is 0 Å². The van der Waals surface area contributed by atoms with Gasteiger partial charge in [-0.25, -0.2) is 9.59 Å². The van der Waals surface area contributed by atoms with E-state index in [1.54, 1.807) is 19.1 Å². The normalized spacial score (nSPS) is 18.4. The van der Waals surface area contributed by atoms with Crippen molar-refractivity contribution in [3.63, 3.8) is 0 Å². The molecule has 0 saturated carbocycles. The second-order valence-corrected chi connectivity index (χ2v) is 4.71. The van der Waals surface area contributed by atoms with Gasteiger partial charge in [0, 0.05) is 12.2 Å². The van der Waals surface area contributed by atoms with Crippen LogP contribution in [0.25, 0.3) is 0 Å². The smallest absolute Gasteiger partial charge is 0.326 e. The molecule has 2 N–H and O–H groups in total. The first-order chi connectivity index (χ1) is 8.99. The first-order valence-corrected chi connectivity index (χ1v) is 6.23. The summed E-state index contributed by atoms with van der Waals surface area (Å²) in [6.45, 7) is 4.15. The predicted octanol–water partition coefficient (Wildman–Crippen LogP) is 1.78. The largest absolute Gasteiger partial charge is 0.480 e. The third-order valence-corrected chi connectivity index (χ3v) is 3.27. The molecule has 2 amide bonds. The van der Waals surface area contributed by atoms with Gasteiger partial charge in [-0.15, -0.1) is 0 Å². The number of likely N-dealkylation sites (tertiary alicyclic amines) is 1. The van der Waals surface area contributed by atoms with Crippen molar-refractivity contribution in [1.29, 1.82) is 0 Å². The van der Waals surface area contributed by atoms with Crippen molar-refractivity contribution in [3.05, 3.63) is 23.5 Å². The number of hydrogen-bond donors (Lipinski definition) is 2. The Labute approximate surface area is 111 Å². The van der Waals surface area contributed by atoms with Crippen LogP contribution in [-0.4, -0.2) is 39.6 Å². The van der Waals surface area contributed by atoms with E-state index in [2.05, 4.69) is 10.3 Å². The van der Waals surface area contributed by atoms with E-state index in [0.717, 1.165) is 17.8 Å². The van der Waals surface area contributed by atoms with Crippen molar-refractivity contribution in [1.82, 2.24) is 9.88 Å². The molecule has 0 spiro atoms. The number of carbonyl (C=O) groups is 2. The topological polar surface area (TPSA) is 82.5 Å². The SMILES string of the molecule is Cc1ccc(NC(=O)N2CCCC2C(=O)O)c(C)n1. The van der Waals surface area contributed by atoms with Crippen LogP contribution in [0.2, 0.25) is 0 Å². The van der Waals surface area contributed by atoms with Gasteiger partial charge in [-0.1, -0.05) is 0 Å². The number of carboxylic acid groups (broad SMARTS) is 1. The number of amides is 2. The van der Waals surface area contributed by atoms with Crippen molar-refractivity contribution in [3.8, 4) is 0 Å². The highest BCUT2D eigenvalue weighted by Gasteiger charge is 2.34. The summed E-state index contributed by atoms with van der Waals surface area (Å²) in [5.74, 6) is -0.952. The molecule has 1 aromatic rings. The summed E-state index contributed by atoms with van der Waals surface area (Å²) in [5, 5.41) is 11.8. The van der Waals surface area contributed by atoms with E-state index in [9.17, 15) is 9.59 Å². The second-order valence-electron chi connectivity index (χ2n) is 4.71. The van der Waals surface area contributed by atoms with E-state index in [0.29, 0.717) is 18.7 Å². The molecule has 1 aromatic heterocycles. The van der Waals surface area contributed by atoms with E-state index in [1.807, 2.05) is 6.92 Å². The lowest BCUT2D eigenvalue weighted by atomic mass is 10.2. The molecule has 6 nitrogen and oxygen atoms in total. The fourth-order valence-electron chi connectivity index (χ4n) is 2.27. The molecule has 1 aliphatic heterocycles. The first-order valence-electron chi connectivity index (χ1n) is 6.23. The quantitative estimate of drug-likeness (QED) is 0.852. The minimum Gasteiger partial charge on any atom is -0.480 e. The Morgan fingerprint density at radius 1 is 1.42 bits per heavy atom. The van der Waals surface area contributed by atoms with Crippen LogP contribution in [0.3, 0.4) is 0 Å². The molecule has 19 heavy (non-hydrogen) atoms. The molecule has 1 fully saturated rings. The van der Waals surface area contributed by atoms with Crippen LogP contribution in [0.1, 0.15) is 24.2 Å². The second kappa shape index (κ2) is 5.26. The number of aliphatic carboxylic acids is 1. The number of nitrogens with one attached hydrogen (secondary N) is 1. The van der Waals surface area contributed by atoms with Crippen LogP contribution < -0.4 is 5.32 Å². The molecular formula is C13H17N3O3. The fraction of sp³-hybridized carbons (Fsp3) is 0.462. The molecule has 0 bridgehead atoms. The third kappa shape index (κ3) is 2.83. The van der Waals surface area contributed by atoms with Crippen LogP contribution in [0, 0.1) is 13.8 Å². The number of hydrogen-bond acceptors (Lipinski definition) is 3. The number of aryl methyl sites for hydroxylation is 2. The Morgan fingerprint density at radius 3 is 2.79 bits per heavy atom. The Morgan fingerprint density at radius 2 is 2.16 bits per heavy atom. The van der Waals surface area contributed by atoms with E-state index < -0.39 is 12.0 Å². The lowest BCUT2D eigenvalue weighted by molar-refractivity contribution is -0.141. The molecule has 1 saturated heterocycles. The maximum Gasteiger partial charge on any atom is 0.326 e. The van der Waals surface area contributed by atoms with Crippen molar-refractivity contribution in [2.24, 2.45) is 0 Å². The standard InChI is InChI=1S/C13H17N3O3/c1-8-5-6-10(9(2)14-8)15-13(19)16-7-3-4-11(16)12(17)18/h5-6,11H,3-4,7H2,1-2H3,(H,15,19)(H,17,18). The number of pyridine rings is 1. The van der Waals surface area contributed by atoms with Gasteiger partial charge in [-0.3, -0.25) is 4.98 Å². The lowest BCUT2D eigenvalue weighted by Crippen LogP contribution is -2.42. The zero-order valence-corrected chi connectivity index (χ0v) is 11.0. The lowest BCUT2D eigenvalue weighted by Gasteiger charge is -2.22. The molecule has 1 unspecified atom stereocenters. The maximum absolute atomic E-state index is 12.1. The number of urea groups is 1. The summed E-state index contributed by atoms with van der Waals surface area (Å²) in [7, 11) is 0. The Hall–Kier alpha value is -2.11. The van der Waals surface area contributed by atoms with Gasteiger partial charge in [0.15, 0.2) is 0 Å². The van der Waals surface area contributed by atoms with Crippen LogP contribution in [0.15, 0.2) is 12.1 Å². The predicted molar refractivity (Wildman–Crippen MR) is 70.1 cm³/mol. The molecular weight excluding hydrogens is 246 g/mol. The average molecular weight is 263 g/mol. The van der Waals surface area contributed by atoms with Gasteiger partial charge in [0.1, 0.15) is 6.04 Å². The van der Waals surface area contributed by atoms with E-state index in [1.165, 1.54) is 4.90 Å². The highest BCUT2D eigenvalue weighted by molar-refractivity contribution is 5.93. The monoisotopic (exact) mass is 263 g/mol. The Bertz CT molecular complexity index is 516. The van der Waals surface area contributed by atoms with Gasteiger partial charge in [0.25, 0.3) is 0 Å². The molecule has 1 atom stereocenters. The Kier molecular flexibility index (Phi) is 3.69. The molecule has 0 radical (unpaired) electrons. The minimum atomic E-state index is -0.952. The van der Waals surface area contributed by atoms with Gasteiger partial charge in [-0.05, 0) is 38.8 Å². The number of carbonyl (C=O) groups excluding carboxylic acids is 1. The van der Waals surface area contributed by atoms with Gasteiger partial charge in [-0.2, -0.15) is 0 Å². The zero-order valence-electron chi connectivity index (χ0n) is 11.0. The van der Waals surface area contributed by atoms with Crippen molar-refractivity contribution >= 4 is 17.7 Å². The molecule has 1 aliphatic rings. The summed E-state index contributed by atoms with van der Waals surface area (Å²) < 4.78 is 0. The molecule has 6 heteroatoms. The zero-order chi connectivity index (χ0) is 14.0. The summed E-state index contributed by atoms with van der Waals surface area (Å²) in [4.78, 5) is 28.8. The molecule has 2 heterocycles. The maximum atomic E-state index is 12.1. The summed E-state index contributed by atoms with van der Waals surface area (Å²) in [6, 6.07) is 2.49. The molecule has 2 rings (SSSR count). The summed E-state index contributed by atoms with van der Waals surface area (Å²) >= 11 is 0. The van der Waals surface area contributed by atoms with Crippen LogP contribution >= 0.6 is 0 Å². The van der Waals surface area contributed by atoms with Crippen molar-refractivity contribution in [2.75, 3.05) is 11.9 Å². The van der Waals surface area contributed by atoms with E-state index >= 15 is 0 Å². The number of carboxylic acids is 1. The summed E-state index contributed by atoms with van der Waals surface area (Å²) in [6.07, 6.45) is 1.23. The van der Waals surface area contributed by atoms with Crippen molar-refractivity contribution < 1.29 is 14.7 Å². The highest BCUT2D eigenvalue weighted by Crippen LogP contribution is 2.20. The number of aromatic nitrogens is 1. The number of nitrogens with zero attached hydrogens (tertiary/aromatic N) is 2. The van der Waals surface area contributed by atoms with Gasteiger partial charge in [0.05, 0.1) is 11.4 Å². The number of anilines is 1. The molecule has 0 aliphatic carbocycles. The third-order valence-electron chi connectivity index (χ3n) is 3.27. The van der Waals surface area contributed by atoms with E-state index in [4.69, 9.17) is 5.11 Å². The highest BCUT2D eigenvalue weighted by atomic mass is 16.4.